The maximum Gasteiger partial charge on any atom is 0.251 e. The summed E-state index contributed by atoms with van der Waals surface area (Å²) >= 11 is 13.9. The highest BCUT2D eigenvalue weighted by atomic mass is 35.5. The van der Waals surface area contributed by atoms with E-state index in [9.17, 15) is 9.18 Å². The van der Waals surface area contributed by atoms with E-state index in [2.05, 4.69) is 15.2 Å². The van der Waals surface area contributed by atoms with Crippen LogP contribution in [0.1, 0.15) is 41.0 Å². The highest BCUT2D eigenvalue weighted by Gasteiger charge is 2.30. The third kappa shape index (κ3) is 7.41. The van der Waals surface area contributed by atoms with Gasteiger partial charge in [-0.2, -0.15) is 0 Å². The zero-order valence-corrected chi connectivity index (χ0v) is 26.2. The molecule has 0 saturated carbocycles. The van der Waals surface area contributed by atoms with Gasteiger partial charge in [0.2, 0.25) is 0 Å². The van der Waals surface area contributed by atoms with Gasteiger partial charge in [-0.05, 0) is 59.7 Å². The fraction of sp³-hybridized carbons (Fsp3) is 0.312. The number of halogens is 4. The van der Waals surface area contributed by atoms with Gasteiger partial charge in [0.15, 0.2) is 5.16 Å². The van der Waals surface area contributed by atoms with Gasteiger partial charge in [0.1, 0.15) is 11.6 Å². The van der Waals surface area contributed by atoms with Crippen molar-refractivity contribution in [3.05, 3.63) is 111 Å². The van der Waals surface area contributed by atoms with Gasteiger partial charge in [-0.15, -0.1) is 0 Å². The van der Waals surface area contributed by atoms with Crippen LogP contribution in [0.15, 0.2) is 72.0 Å². The molecule has 0 atom stereocenters. The molecule has 4 aromatic rings. The van der Waals surface area contributed by atoms with Crippen molar-refractivity contribution in [2.75, 3.05) is 39.4 Å². The first-order chi connectivity index (χ1) is 20.6. The highest BCUT2D eigenvalue weighted by molar-refractivity contribution is 7.98. The second kappa shape index (κ2) is 13.8. The number of hydrogen-bond acceptors (Lipinski definition) is 5. The van der Waals surface area contributed by atoms with Crippen LogP contribution in [0.5, 0.6) is 0 Å². The molecule has 1 amide bonds. The Labute approximate surface area is 264 Å². The molecule has 0 aliphatic carbocycles. The molecule has 1 saturated heterocycles. The van der Waals surface area contributed by atoms with E-state index < -0.39 is 11.2 Å². The number of morpholine rings is 1. The standard InChI is InChI=1S/C32H32Cl2F2N4O2S/c1-32(2,23-5-10-26(33)27(34)18-23)29-19-38-31(40(29)25-8-6-24(35)7-9-25)43-20-22-4-3-21(17-28(22)36)30(41)37-11-12-39-13-15-42-16-14-39/h3-10,17-19H,11-16,20H2,1-2H3,(H,37,41). The quantitative estimate of drug-likeness (QED) is 0.186. The monoisotopic (exact) mass is 644 g/mol. The molecule has 0 radical (unpaired) electrons. The Balaban J connectivity index is 1.34. The lowest BCUT2D eigenvalue weighted by Crippen LogP contribution is -2.41. The van der Waals surface area contributed by atoms with E-state index in [4.69, 9.17) is 27.9 Å². The summed E-state index contributed by atoms with van der Waals surface area (Å²) in [5, 5.41) is 4.38. The molecule has 226 valence electrons. The average Bonchev–Trinajstić information content (AvgIpc) is 3.43. The summed E-state index contributed by atoms with van der Waals surface area (Å²) in [5.41, 5.74) is 2.63. The number of nitrogens with one attached hydrogen (secondary N) is 1. The van der Waals surface area contributed by atoms with E-state index in [0.717, 1.165) is 30.9 Å². The first-order valence-corrected chi connectivity index (χ1v) is 15.7. The Kier molecular flexibility index (Phi) is 10.1. The first-order valence-electron chi connectivity index (χ1n) is 13.9. The van der Waals surface area contributed by atoms with Crippen molar-refractivity contribution >= 4 is 40.9 Å². The van der Waals surface area contributed by atoms with Gasteiger partial charge in [-0.1, -0.05) is 60.9 Å². The van der Waals surface area contributed by atoms with Crippen LogP contribution in [0.25, 0.3) is 5.69 Å². The van der Waals surface area contributed by atoms with Gasteiger partial charge in [0, 0.05) is 48.6 Å². The fourth-order valence-corrected chi connectivity index (χ4v) is 6.23. The molecular formula is C32H32Cl2F2N4O2S. The van der Waals surface area contributed by atoms with Crippen molar-refractivity contribution in [1.82, 2.24) is 19.8 Å². The van der Waals surface area contributed by atoms with E-state index in [1.54, 1.807) is 36.5 Å². The van der Waals surface area contributed by atoms with Crippen LogP contribution in [0.4, 0.5) is 8.78 Å². The minimum atomic E-state index is -0.559. The second-order valence-electron chi connectivity index (χ2n) is 10.8. The average molecular weight is 646 g/mol. The molecule has 2 heterocycles. The van der Waals surface area contributed by atoms with Crippen LogP contribution < -0.4 is 5.32 Å². The van der Waals surface area contributed by atoms with Gasteiger partial charge < -0.3 is 10.1 Å². The van der Waals surface area contributed by atoms with Crippen molar-refractivity contribution in [3.8, 4) is 5.69 Å². The van der Waals surface area contributed by atoms with Gasteiger partial charge >= 0.3 is 0 Å². The van der Waals surface area contributed by atoms with Crippen LogP contribution >= 0.6 is 35.0 Å². The number of amides is 1. The predicted molar refractivity (Wildman–Crippen MR) is 168 cm³/mol. The maximum atomic E-state index is 15.2. The molecule has 0 bridgehead atoms. The van der Waals surface area contributed by atoms with Gasteiger partial charge in [0.25, 0.3) is 5.91 Å². The Hall–Kier alpha value is -2.95. The van der Waals surface area contributed by atoms with Gasteiger partial charge in [-0.25, -0.2) is 13.8 Å². The smallest absolute Gasteiger partial charge is 0.251 e. The third-order valence-corrected chi connectivity index (χ3v) is 9.33. The second-order valence-corrected chi connectivity index (χ2v) is 12.6. The van der Waals surface area contributed by atoms with Crippen LogP contribution in [-0.4, -0.2) is 59.8 Å². The maximum absolute atomic E-state index is 15.2. The number of carbonyl (C=O) groups excluding carboxylic acids is 1. The normalized spacial score (nSPS) is 14.2. The molecule has 0 unspecified atom stereocenters. The Morgan fingerprint density at radius 1 is 1.02 bits per heavy atom. The zero-order chi connectivity index (χ0) is 30.6. The molecular weight excluding hydrogens is 613 g/mol. The molecule has 6 nitrogen and oxygen atoms in total. The van der Waals surface area contributed by atoms with Crippen molar-refractivity contribution in [1.29, 1.82) is 0 Å². The van der Waals surface area contributed by atoms with Crippen LogP contribution in [0.3, 0.4) is 0 Å². The molecule has 5 rings (SSSR count). The van der Waals surface area contributed by atoms with Gasteiger partial charge in [-0.3, -0.25) is 14.3 Å². The third-order valence-electron chi connectivity index (χ3n) is 7.59. The van der Waals surface area contributed by atoms with E-state index in [1.165, 1.54) is 30.0 Å². The number of hydrogen-bond donors (Lipinski definition) is 1. The lowest BCUT2D eigenvalue weighted by Gasteiger charge is -2.28. The topological polar surface area (TPSA) is 59.4 Å². The van der Waals surface area contributed by atoms with Crippen molar-refractivity contribution in [3.63, 3.8) is 0 Å². The zero-order valence-electron chi connectivity index (χ0n) is 23.9. The summed E-state index contributed by atoms with van der Waals surface area (Å²) in [5.74, 6) is -0.858. The summed E-state index contributed by atoms with van der Waals surface area (Å²) in [7, 11) is 0. The summed E-state index contributed by atoms with van der Waals surface area (Å²) in [6.45, 7) is 8.35. The number of ether oxygens (including phenoxy) is 1. The van der Waals surface area contributed by atoms with Crippen LogP contribution in [0, 0.1) is 11.6 Å². The van der Waals surface area contributed by atoms with Crippen molar-refractivity contribution in [2.45, 2.75) is 30.2 Å². The molecule has 11 heteroatoms. The van der Waals surface area contributed by atoms with Crippen molar-refractivity contribution < 1.29 is 18.3 Å². The lowest BCUT2D eigenvalue weighted by molar-refractivity contribution is 0.0383. The molecule has 1 aromatic heterocycles. The summed E-state index contributed by atoms with van der Waals surface area (Å²) in [6.07, 6.45) is 1.77. The Bertz CT molecular complexity index is 1590. The number of thioether (sulfide) groups is 1. The minimum absolute atomic E-state index is 0.270. The van der Waals surface area contributed by atoms with E-state index >= 15 is 4.39 Å². The number of nitrogens with zero attached hydrogens (tertiary/aromatic N) is 3. The molecule has 43 heavy (non-hydrogen) atoms. The summed E-state index contributed by atoms with van der Waals surface area (Å²) < 4.78 is 36.3. The molecule has 1 aliphatic rings. The SMILES string of the molecule is CC(C)(c1ccc(Cl)c(Cl)c1)c1cnc(SCc2ccc(C(=O)NCCN3CCOCC3)cc2F)n1-c1ccc(F)cc1. The van der Waals surface area contributed by atoms with E-state index in [-0.39, 0.29) is 23.0 Å². The predicted octanol–water partition coefficient (Wildman–Crippen LogP) is 7.14. The van der Waals surface area contributed by atoms with E-state index in [1.807, 2.05) is 30.5 Å². The number of benzene rings is 3. The van der Waals surface area contributed by atoms with Crippen molar-refractivity contribution in [2.24, 2.45) is 0 Å². The highest BCUT2D eigenvalue weighted by Crippen LogP contribution is 2.38. The largest absolute Gasteiger partial charge is 0.379 e. The summed E-state index contributed by atoms with van der Waals surface area (Å²) in [4.78, 5) is 19.5. The number of aromatic nitrogens is 2. The molecule has 1 fully saturated rings. The fourth-order valence-electron chi connectivity index (χ4n) is 4.95. The van der Waals surface area contributed by atoms with Crippen LogP contribution in [-0.2, 0) is 15.9 Å². The molecule has 1 N–H and O–H groups in total. The molecule has 1 aliphatic heterocycles. The molecule has 0 spiro atoms. The summed E-state index contributed by atoms with van der Waals surface area (Å²) in [6, 6.07) is 16.2. The number of rotatable bonds is 10. The Morgan fingerprint density at radius 2 is 1.77 bits per heavy atom. The Morgan fingerprint density at radius 3 is 2.47 bits per heavy atom. The number of imidazole rings is 1. The molecule has 3 aromatic carbocycles. The lowest BCUT2D eigenvalue weighted by atomic mass is 9.81. The minimum Gasteiger partial charge on any atom is -0.379 e. The van der Waals surface area contributed by atoms with Gasteiger partial charge in [0.05, 0.1) is 35.1 Å². The first kappa shape index (κ1) is 31.5. The van der Waals surface area contributed by atoms with E-state index in [0.29, 0.717) is 46.2 Å². The number of carbonyl (C=O) groups is 1. The van der Waals surface area contributed by atoms with Crippen LogP contribution in [0.2, 0.25) is 10.0 Å².